The Morgan fingerprint density at radius 2 is 1.72 bits per heavy atom. The number of pyridine rings is 1. The van der Waals surface area contributed by atoms with E-state index in [0.717, 1.165) is 28.5 Å². The molecule has 0 saturated heterocycles. The van der Waals surface area contributed by atoms with Gasteiger partial charge in [0.2, 0.25) is 0 Å². The molecule has 0 spiro atoms. The molecule has 29 heavy (non-hydrogen) atoms. The van der Waals surface area contributed by atoms with Gasteiger partial charge in [-0.25, -0.2) is 4.98 Å². The first kappa shape index (κ1) is 20.9. The Labute approximate surface area is 189 Å². The number of amidine groups is 1. The molecule has 0 N–H and O–H groups in total. The number of anilines is 1. The SMILES string of the molecule is COc1cc(OC)c(Cl)c(N2Cc3cnc(Cl)cc3S/C2=N\C2CCCC2)c1Cl. The molecule has 0 bridgehead atoms. The molecular weight excluding hydrogens is 453 g/mol. The van der Waals surface area contributed by atoms with Gasteiger partial charge in [0, 0.05) is 22.7 Å². The topological polar surface area (TPSA) is 47.0 Å². The van der Waals surface area contributed by atoms with Crippen LogP contribution in [0.25, 0.3) is 0 Å². The number of thioether (sulfide) groups is 1. The van der Waals surface area contributed by atoms with Crippen molar-refractivity contribution in [2.75, 3.05) is 19.1 Å². The van der Waals surface area contributed by atoms with Gasteiger partial charge in [-0.05, 0) is 18.9 Å². The lowest BCUT2D eigenvalue weighted by Crippen LogP contribution is -2.33. The zero-order chi connectivity index (χ0) is 20.5. The lowest BCUT2D eigenvalue weighted by atomic mass is 10.2. The van der Waals surface area contributed by atoms with Gasteiger partial charge in [0.1, 0.15) is 26.7 Å². The van der Waals surface area contributed by atoms with Crippen molar-refractivity contribution in [3.8, 4) is 11.5 Å². The number of nitrogens with zero attached hydrogens (tertiary/aromatic N) is 3. The monoisotopic (exact) mass is 471 g/mol. The fourth-order valence-electron chi connectivity index (χ4n) is 3.62. The largest absolute Gasteiger partial charge is 0.495 e. The van der Waals surface area contributed by atoms with E-state index < -0.39 is 0 Å². The van der Waals surface area contributed by atoms with Crippen molar-refractivity contribution in [1.82, 2.24) is 4.98 Å². The van der Waals surface area contributed by atoms with Crippen molar-refractivity contribution in [1.29, 1.82) is 0 Å². The molecule has 1 aliphatic heterocycles. The quantitative estimate of drug-likeness (QED) is 0.477. The summed E-state index contributed by atoms with van der Waals surface area (Å²) in [5, 5.41) is 2.14. The molecule has 1 aromatic heterocycles. The fourth-order valence-corrected chi connectivity index (χ4v) is 5.63. The third kappa shape index (κ3) is 4.13. The minimum absolute atomic E-state index is 0.295. The highest BCUT2D eigenvalue weighted by molar-refractivity contribution is 8.14. The molecule has 0 unspecified atom stereocenters. The van der Waals surface area contributed by atoms with Crippen LogP contribution in [0.1, 0.15) is 31.2 Å². The average molecular weight is 473 g/mol. The third-order valence-corrected chi connectivity index (χ3v) is 7.15. The first-order chi connectivity index (χ1) is 14.0. The number of rotatable bonds is 4. The third-order valence-electron chi connectivity index (χ3n) is 5.11. The highest BCUT2D eigenvalue weighted by Crippen LogP contribution is 2.49. The molecule has 4 rings (SSSR count). The van der Waals surface area contributed by atoms with Crippen LogP contribution >= 0.6 is 46.6 Å². The van der Waals surface area contributed by atoms with Crippen LogP contribution in [-0.2, 0) is 6.54 Å². The molecule has 2 aliphatic rings. The van der Waals surface area contributed by atoms with Gasteiger partial charge < -0.3 is 14.4 Å². The molecule has 1 aromatic carbocycles. The Morgan fingerprint density at radius 3 is 2.34 bits per heavy atom. The van der Waals surface area contributed by atoms with Crippen molar-refractivity contribution in [2.24, 2.45) is 4.99 Å². The highest BCUT2D eigenvalue weighted by atomic mass is 35.5. The molecule has 0 radical (unpaired) electrons. The molecule has 2 heterocycles. The maximum Gasteiger partial charge on any atom is 0.169 e. The van der Waals surface area contributed by atoms with E-state index in [-0.39, 0.29) is 0 Å². The summed E-state index contributed by atoms with van der Waals surface area (Å²) in [7, 11) is 3.14. The molecular formula is C20H20Cl3N3O2S. The molecule has 1 saturated carbocycles. The zero-order valence-electron chi connectivity index (χ0n) is 16.0. The molecule has 0 atom stereocenters. The van der Waals surface area contributed by atoms with Crippen molar-refractivity contribution in [3.63, 3.8) is 0 Å². The van der Waals surface area contributed by atoms with Gasteiger partial charge in [-0.15, -0.1) is 0 Å². The molecule has 0 amide bonds. The Morgan fingerprint density at radius 1 is 1.07 bits per heavy atom. The number of hydrogen-bond donors (Lipinski definition) is 0. The number of ether oxygens (including phenoxy) is 2. The van der Waals surface area contributed by atoms with Crippen molar-refractivity contribution < 1.29 is 9.47 Å². The first-order valence-corrected chi connectivity index (χ1v) is 11.2. The summed E-state index contributed by atoms with van der Waals surface area (Å²) in [6.45, 7) is 0.522. The second kappa shape index (κ2) is 8.80. The normalized spacial score (nSPS) is 18.2. The summed E-state index contributed by atoms with van der Waals surface area (Å²) in [6, 6.07) is 3.86. The van der Waals surface area contributed by atoms with E-state index in [0.29, 0.717) is 45.0 Å². The lowest BCUT2D eigenvalue weighted by Gasteiger charge is -2.33. The highest BCUT2D eigenvalue weighted by Gasteiger charge is 2.31. The van der Waals surface area contributed by atoms with Crippen molar-refractivity contribution >= 4 is 57.4 Å². The minimum atomic E-state index is 0.295. The number of benzene rings is 1. The second-order valence-electron chi connectivity index (χ2n) is 6.91. The zero-order valence-corrected chi connectivity index (χ0v) is 19.1. The molecule has 5 nitrogen and oxygen atoms in total. The standard InChI is InChI=1S/C20H20Cl3N3O2S/c1-27-13-7-14(28-2)18(23)19(17(13)22)26-10-11-9-24-16(21)8-15(11)29-20(26)25-12-5-3-4-6-12/h7-9,12H,3-6,10H2,1-2H3/b25-20-. The summed E-state index contributed by atoms with van der Waals surface area (Å²) < 4.78 is 10.9. The van der Waals surface area contributed by atoms with E-state index in [9.17, 15) is 0 Å². The predicted octanol–water partition coefficient (Wildman–Crippen LogP) is 6.47. The van der Waals surface area contributed by atoms with Crippen LogP contribution in [0.2, 0.25) is 15.2 Å². The number of aromatic nitrogens is 1. The van der Waals surface area contributed by atoms with Crippen LogP contribution in [0, 0.1) is 0 Å². The second-order valence-corrected chi connectivity index (χ2v) is 9.06. The van der Waals surface area contributed by atoms with Gasteiger partial charge in [-0.3, -0.25) is 4.99 Å². The van der Waals surface area contributed by atoms with Crippen LogP contribution in [0.5, 0.6) is 11.5 Å². The fraction of sp³-hybridized carbons (Fsp3) is 0.400. The van der Waals surface area contributed by atoms with Crippen LogP contribution in [0.15, 0.2) is 28.2 Å². The Balaban J connectivity index is 1.86. The maximum atomic E-state index is 6.70. The van der Waals surface area contributed by atoms with Crippen molar-refractivity contribution in [3.05, 3.63) is 39.1 Å². The molecule has 1 aliphatic carbocycles. The van der Waals surface area contributed by atoms with Crippen LogP contribution < -0.4 is 14.4 Å². The van der Waals surface area contributed by atoms with Gasteiger partial charge in [0.15, 0.2) is 5.17 Å². The smallest absolute Gasteiger partial charge is 0.169 e. The summed E-state index contributed by atoms with van der Waals surface area (Å²) in [4.78, 5) is 12.4. The van der Waals surface area contributed by atoms with E-state index in [1.165, 1.54) is 12.8 Å². The lowest BCUT2D eigenvalue weighted by molar-refractivity contribution is 0.395. The summed E-state index contributed by atoms with van der Waals surface area (Å²) in [6.07, 6.45) is 6.36. The van der Waals surface area contributed by atoms with Gasteiger partial charge in [0.05, 0.1) is 32.5 Å². The Kier molecular flexibility index (Phi) is 6.35. The summed E-state index contributed by atoms with van der Waals surface area (Å²) >= 11 is 21.1. The Bertz CT molecular complexity index is 936. The van der Waals surface area contributed by atoms with Gasteiger partial charge in [0.25, 0.3) is 0 Å². The van der Waals surface area contributed by atoms with Gasteiger partial charge in [-0.1, -0.05) is 59.4 Å². The van der Waals surface area contributed by atoms with Crippen molar-refractivity contribution in [2.45, 2.75) is 43.2 Å². The summed E-state index contributed by atoms with van der Waals surface area (Å²) in [5.74, 6) is 0.987. The van der Waals surface area contributed by atoms with E-state index in [1.807, 2.05) is 11.0 Å². The van der Waals surface area contributed by atoms with E-state index in [4.69, 9.17) is 49.3 Å². The molecule has 154 valence electrons. The number of halogens is 3. The van der Waals surface area contributed by atoms with Gasteiger partial charge >= 0.3 is 0 Å². The van der Waals surface area contributed by atoms with Crippen LogP contribution in [0.3, 0.4) is 0 Å². The van der Waals surface area contributed by atoms with E-state index >= 15 is 0 Å². The number of methoxy groups -OCH3 is 2. The predicted molar refractivity (Wildman–Crippen MR) is 121 cm³/mol. The summed E-state index contributed by atoms with van der Waals surface area (Å²) in [5.41, 5.74) is 1.65. The van der Waals surface area contributed by atoms with Crippen LogP contribution in [0.4, 0.5) is 5.69 Å². The van der Waals surface area contributed by atoms with E-state index in [2.05, 4.69) is 4.98 Å². The van der Waals surface area contributed by atoms with Gasteiger partial charge in [-0.2, -0.15) is 0 Å². The number of fused-ring (bicyclic) bond motifs is 1. The maximum absolute atomic E-state index is 6.70. The molecule has 2 aromatic rings. The first-order valence-electron chi connectivity index (χ1n) is 9.29. The molecule has 1 fully saturated rings. The minimum Gasteiger partial charge on any atom is -0.495 e. The number of hydrogen-bond acceptors (Lipinski definition) is 5. The Hall–Kier alpha value is -1.34. The van der Waals surface area contributed by atoms with E-state index in [1.54, 1.807) is 38.2 Å². The average Bonchev–Trinajstić information content (AvgIpc) is 3.22. The molecule has 9 heteroatoms. The number of aliphatic imine (C=N–C) groups is 1. The van der Waals surface area contributed by atoms with Crippen LogP contribution in [-0.4, -0.2) is 30.4 Å².